The van der Waals surface area contributed by atoms with Crippen molar-refractivity contribution < 1.29 is 9.18 Å². The summed E-state index contributed by atoms with van der Waals surface area (Å²) in [6, 6.07) is 6.17. The Hall–Kier alpha value is -2.60. The summed E-state index contributed by atoms with van der Waals surface area (Å²) in [5, 5.41) is 6.60. The van der Waals surface area contributed by atoms with Gasteiger partial charge in [-0.2, -0.15) is 5.10 Å². The van der Waals surface area contributed by atoms with Gasteiger partial charge in [-0.3, -0.25) is 9.48 Å². The van der Waals surface area contributed by atoms with Crippen molar-refractivity contribution in [2.24, 2.45) is 7.05 Å². The Morgan fingerprint density at radius 2 is 2.09 bits per heavy atom. The molecule has 110 valence electrons. The van der Waals surface area contributed by atoms with Crippen LogP contribution in [0.4, 0.5) is 4.39 Å². The van der Waals surface area contributed by atoms with E-state index in [0.29, 0.717) is 11.3 Å². The minimum Gasteiger partial charge on any atom is -0.289 e. The smallest absolute Gasteiger partial charge is 0.189 e. The van der Waals surface area contributed by atoms with Gasteiger partial charge in [-0.1, -0.05) is 0 Å². The molecule has 0 aliphatic rings. The van der Waals surface area contributed by atoms with Crippen LogP contribution in [0, 0.1) is 5.82 Å². The molecule has 22 heavy (non-hydrogen) atoms. The van der Waals surface area contributed by atoms with E-state index in [-0.39, 0.29) is 11.6 Å². The lowest BCUT2D eigenvalue weighted by atomic mass is 10.2. The Kier molecular flexibility index (Phi) is 3.93. The lowest BCUT2D eigenvalue weighted by Gasteiger charge is -1.94. The lowest BCUT2D eigenvalue weighted by molar-refractivity contribution is 0.104. The number of carbonyl (C=O) groups is 1. The molecule has 2 heterocycles. The molecule has 1 aromatic carbocycles. The van der Waals surface area contributed by atoms with Crippen LogP contribution in [-0.4, -0.2) is 20.5 Å². The maximum atomic E-state index is 12.9. The number of halogens is 1. The van der Waals surface area contributed by atoms with E-state index < -0.39 is 0 Å². The van der Waals surface area contributed by atoms with E-state index in [1.54, 1.807) is 36.1 Å². The topological polar surface area (TPSA) is 47.8 Å². The quantitative estimate of drug-likeness (QED) is 0.546. The van der Waals surface area contributed by atoms with Gasteiger partial charge in [0, 0.05) is 24.2 Å². The van der Waals surface area contributed by atoms with Crippen LogP contribution >= 0.6 is 11.3 Å². The number of benzene rings is 1. The summed E-state index contributed by atoms with van der Waals surface area (Å²) >= 11 is 1.45. The molecule has 3 rings (SSSR count). The number of hydrogen-bond acceptors (Lipinski definition) is 4. The molecule has 0 saturated heterocycles. The first-order valence-electron chi connectivity index (χ1n) is 6.54. The third kappa shape index (κ3) is 3.17. The molecule has 0 aliphatic heterocycles. The SMILES string of the molecule is Cn1cc(C(=O)/C=C/c2csc(-c3ccc(F)cc3)n2)cn1. The fourth-order valence-electron chi connectivity index (χ4n) is 1.89. The van der Waals surface area contributed by atoms with Gasteiger partial charge in [0.25, 0.3) is 0 Å². The minimum atomic E-state index is -0.275. The molecule has 0 fully saturated rings. The van der Waals surface area contributed by atoms with Crippen molar-refractivity contribution in [1.82, 2.24) is 14.8 Å². The molecule has 3 aromatic rings. The van der Waals surface area contributed by atoms with Crippen LogP contribution in [0.15, 0.2) is 48.1 Å². The maximum Gasteiger partial charge on any atom is 0.189 e. The average molecular weight is 313 g/mol. The van der Waals surface area contributed by atoms with Crippen LogP contribution in [0.5, 0.6) is 0 Å². The van der Waals surface area contributed by atoms with Crippen molar-refractivity contribution in [1.29, 1.82) is 0 Å². The van der Waals surface area contributed by atoms with Gasteiger partial charge in [0.1, 0.15) is 10.8 Å². The monoisotopic (exact) mass is 313 g/mol. The first kappa shape index (κ1) is 14.3. The summed E-state index contributed by atoms with van der Waals surface area (Å²) in [5.74, 6) is -0.396. The molecule has 0 radical (unpaired) electrons. The van der Waals surface area contributed by atoms with E-state index in [1.165, 1.54) is 35.7 Å². The van der Waals surface area contributed by atoms with E-state index in [0.717, 1.165) is 10.6 Å². The van der Waals surface area contributed by atoms with Crippen molar-refractivity contribution in [3.8, 4) is 10.6 Å². The zero-order chi connectivity index (χ0) is 15.5. The van der Waals surface area contributed by atoms with Crippen molar-refractivity contribution in [2.45, 2.75) is 0 Å². The number of ketones is 1. The van der Waals surface area contributed by atoms with E-state index in [1.807, 2.05) is 5.38 Å². The fraction of sp³-hybridized carbons (Fsp3) is 0.0625. The average Bonchev–Trinajstić information content (AvgIpc) is 3.15. The zero-order valence-corrected chi connectivity index (χ0v) is 12.5. The van der Waals surface area contributed by atoms with Crippen LogP contribution in [0.2, 0.25) is 0 Å². The lowest BCUT2D eigenvalue weighted by Crippen LogP contribution is -1.91. The highest BCUT2D eigenvalue weighted by Crippen LogP contribution is 2.24. The second-order valence-corrected chi connectivity index (χ2v) is 5.54. The Labute approximate surface area is 130 Å². The molecule has 0 spiro atoms. The minimum absolute atomic E-state index is 0.121. The van der Waals surface area contributed by atoms with E-state index in [2.05, 4.69) is 10.1 Å². The van der Waals surface area contributed by atoms with E-state index >= 15 is 0 Å². The van der Waals surface area contributed by atoms with Crippen LogP contribution in [0.3, 0.4) is 0 Å². The highest BCUT2D eigenvalue weighted by molar-refractivity contribution is 7.13. The third-order valence-corrected chi connectivity index (χ3v) is 3.92. The Morgan fingerprint density at radius 1 is 1.32 bits per heavy atom. The van der Waals surface area contributed by atoms with Crippen molar-refractivity contribution in [3.05, 3.63) is 65.2 Å². The maximum absolute atomic E-state index is 12.9. The Balaban J connectivity index is 1.75. The number of carbonyl (C=O) groups excluding carboxylic acids is 1. The number of allylic oxidation sites excluding steroid dienone is 1. The summed E-state index contributed by atoms with van der Waals surface area (Å²) in [6.07, 6.45) is 6.33. The van der Waals surface area contributed by atoms with Gasteiger partial charge in [0.2, 0.25) is 0 Å². The van der Waals surface area contributed by atoms with Crippen molar-refractivity contribution in [2.75, 3.05) is 0 Å². The van der Waals surface area contributed by atoms with Gasteiger partial charge >= 0.3 is 0 Å². The van der Waals surface area contributed by atoms with E-state index in [4.69, 9.17) is 0 Å². The highest BCUT2D eigenvalue weighted by atomic mass is 32.1. The molecule has 2 aromatic heterocycles. The van der Waals surface area contributed by atoms with Gasteiger partial charge in [-0.05, 0) is 36.4 Å². The summed E-state index contributed by atoms with van der Waals surface area (Å²) in [4.78, 5) is 16.4. The normalized spacial score (nSPS) is 11.2. The number of rotatable bonds is 4. The molecule has 0 atom stereocenters. The molecule has 0 aliphatic carbocycles. The van der Waals surface area contributed by atoms with Gasteiger partial charge in [-0.25, -0.2) is 9.37 Å². The van der Waals surface area contributed by atoms with Crippen LogP contribution in [0.25, 0.3) is 16.6 Å². The summed E-state index contributed by atoms with van der Waals surface area (Å²) in [6.45, 7) is 0. The first-order chi connectivity index (χ1) is 10.6. The second-order valence-electron chi connectivity index (χ2n) is 4.68. The number of aryl methyl sites for hydroxylation is 1. The number of nitrogens with zero attached hydrogens (tertiary/aromatic N) is 3. The number of hydrogen-bond donors (Lipinski definition) is 0. The Morgan fingerprint density at radius 3 is 2.77 bits per heavy atom. The molecule has 0 unspecified atom stereocenters. The summed E-state index contributed by atoms with van der Waals surface area (Å²) < 4.78 is 14.5. The third-order valence-electron chi connectivity index (χ3n) is 3.01. The fourth-order valence-corrected chi connectivity index (χ4v) is 2.69. The number of aromatic nitrogens is 3. The highest BCUT2D eigenvalue weighted by Gasteiger charge is 2.06. The molecular formula is C16H12FN3OS. The van der Waals surface area contributed by atoms with Crippen LogP contribution in [-0.2, 0) is 7.05 Å². The first-order valence-corrected chi connectivity index (χ1v) is 7.42. The predicted octanol–water partition coefficient (Wildman–Crippen LogP) is 3.58. The van der Waals surface area contributed by atoms with Crippen LogP contribution in [0.1, 0.15) is 16.1 Å². The van der Waals surface area contributed by atoms with Crippen molar-refractivity contribution >= 4 is 23.2 Å². The van der Waals surface area contributed by atoms with Gasteiger partial charge in [0.15, 0.2) is 5.78 Å². The summed E-state index contributed by atoms with van der Waals surface area (Å²) in [5.41, 5.74) is 2.08. The molecule has 0 amide bonds. The summed E-state index contributed by atoms with van der Waals surface area (Å²) in [7, 11) is 1.76. The molecular weight excluding hydrogens is 301 g/mol. The number of thiazole rings is 1. The van der Waals surface area contributed by atoms with Gasteiger partial charge in [0.05, 0.1) is 17.5 Å². The predicted molar refractivity (Wildman–Crippen MR) is 84.1 cm³/mol. The van der Waals surface area contributed by atoms with Crippen molar-refractivity contribution in [3.63, 3.8) is 0 Å². The molecule has 6 heteroatoms. The molecule has 4 nitrogen and oxygen atoms in total. The van der Waals surface area contributed by atoms with Crippen LogP contribution < -0.4 is 0 Å². The largest absolute Gasteiger partial charge is 0.289 e. The van der Waals surface area contributed by atoms with Gasteiger partial charge < -0.3 is 0 Å². The zero-order valence-electron chi connectivity index (χ0n) is 11.7. The second kappa shape index (κ2) is 6.03. The molecule has 0 N–H and O–H groups in total. The molecule has 0 bridgehead atoms. The standard InChI is InChI=1S/C16H12FN3OS/c1-20-9-12(8-18-20)15(21)7-6-14-10-22-16(19-14)11-2-4-13(17)5-3-11/h2-10H,1H3/b7-6+. The molecule has 0 saturated carbocycles. The van der Waals surface area contributed by atoms with Gasteiger partial charge in [-0.15, -0.1) is 11.3 Å². The van der Waals surface area contributed by atoms with E-state index in [9.17, 15) is 9.18 Å². The Bertz CT molecular complexity index is 833.